The standard InChI is InChI=1S/C18H22N4OS/c1-13-19-14(12-24-13)6-9-21-10-7-15(8-11-21)22-17-5-3-2-4-16(17)20-18(22)23/h2-5,12,15H,6-11H2,1H3,(H,20,23). The zero-order valence-electron chi connectivity index (χ0n) is 13.9. The van der Waals surface area contributed by atoms with Gasteiger partial charge in [-0.3, -0.25) is 4.57 Å². The van der Waals surface area contributed by atoms with Crippen molar-refractivity contribution in [2.45, 2.75) is 32.2 Å². The topological polar surface area (TPSA) is 53.9 Å². The molecule has 0 saturated carbocycles. The Kier molecular flexibility index (Phi) is 4.24. The van der Waals surface area contributed by atoms with Crippen LogP contribution in [0, 0.1) is 6.92 Å². The maximum Gasteiger partial charge on any atom is 0.326 e. The lowest BCUT2D eigenvalue weighted by Crippen LogP contribution is -2.38. The van der Waals surface area contributed by atoms with Gasteiger partial charge in [0.2, 0.25) is 0 Å². The van der Waals surface area contributed by atoms with Crippen molar-refractivity contribution in [3.8, 4) is 0 Å². The molecule has 0 aliphatic carbocycles. The molecule has 0 atom stereocenters. The molecule has 0 spiro atoms. The molecule has 126 valence electrons. The molecule has 1 fully saturated rings. The SMILES string of the molecule is Cc1nc(CCN2CCC(n3c(=O)[nH]c4ccccc43)CC2)cs1. The average Bonchev–Trinajstić information content (AvgIpc) is 3.15. The molecule has 3 heterocycles. The summed E-state index contributed by atoms with van der Waals surface area (Å²) in [5, 5.41) is 3.30. The number of nitrogens with one attached hydrogen (secondary N) is 1. The van der Waals surface area contributed by atoms with Crippen molar-refractivity contribution < 1.29 is 0 Å². The number of hydrogen-bond donors (Lipinski definition) is 1. The van der Waals surface area contributed by atoms with Crippen LogP contribution in [-0.2, 0) is 6.42 Å². The number of aromatic nitrogens is 3. The van der Waals surface area contributed by atoms with Gasteiger partial charge in [0.15, 0.2) is 0 Å². The minimum atomic E-state index is 0.0209. The largest absolute Gasteiger partial charge is 0.326 e. The molecule has 24 heavy (non-hydrogen) atoms. The Labute approximate surface area is 145 Å². The van der Waals surface area contributed by atoms with Crippen LogP contribution in [0.4, 0.5) is 0 Å². The molecule has 1 aliphatic rings. The van der Waals surface area contributed by atoms with Crippen LogP contribution in [0.25, 0.3) is 11.0 Å². The second-order valence-corrected chi connectivity index (χ2v) is 7.56. The van der Waals surface area contributed by atoms with Crippen LogP contribution in [0.15, 0.2) is 34.4 Å². The predicted octanol–water partition coefficient (Wildman–Crippen LogP) is 2.97. The molecule has 0 unspecified atom stereocenters. The summed E-state index contributed by atoms with van der Waals surface area (Å²) >= 11 is 1.72. The normalized spacial score (nSPS) is 16.9. The summed E-state index contributed by atoms with van der Waals surface area (Å²) in [5.41, 5.74) is 3.18. The molecule has 1 saturated heterocycles. The number of likely N-dealkylation sites (tertiary alicyclic amines) is 1. The fraction of sp³-hybridized carbons (Fsp3) is 0.444. The highest BCUT2D eigenvalue weighted by atomic mass is 32.1. The van der Waals surface area contributed by atoms with E-state index in [1.54, 1.807) is 11.3 Å². The molecular formula is C18H22N4OS. The Bertz CT molecular complexity index is 886. The first-order valence-electron chi connectivity index (χ1n) is 8.53. The Balaban J connectivity index is 1.40. The van der Waals surface area contributed by atoms with Gasteiger partial charge in [0, 0.05) is 37.5 Å². The highest BCUT2D eigenvalue weighted by Crippen LogP contribution is 2.24. The van der Waals surface area contributed by atoms with Gasteiger partial charge in [-0.1, -0.05) is 12.1 Å². The maximum absolute atomic E-state index is 12.3. The number of aryl methyl sites for hydroxylation is 1. The zero-order valence-corrected chi connectivity index (χ0v) is 14.7. The monoisotopic (exact) mass is 342 g/mol. The second-order valence-electron chi connectivity index (χ2n) is 6.50. The number of thiazole rings is 1. The van der Waals surface area contributed by atoms with E-state index < -0.39 is 0 Å². The number of aromatic amines is 1. The molecule has 4 rings (SSSR count). The smallest absolute Gasteiger partial charge is 0.306 e. The lowest BCUT2D eigenvalue weighted by atomic mass is 10.0. The molecule has 6 heteroatoms. The minimum absolute atomic E-state index is 0.0209. The highest BCUT2D eigenvalue weighted by molar-refractivity contribution is 7.09. The van der Waals surface area contributed by atoms with Crippen LogP contribution in [0.1, 0.15) is 29.6 Å². The van der Waals surface area contributed by atoms with Crippen molar-refractivity contribution in [1.29, 1.82) is 0 Å². The van der Waals surface area contributed by atoms with E-state index in [4.69, 9.17) is 0 Å². The summed E-state index contributed by atoms with van der Waals surface area (Å²) in [5.74, 6) is 0. The van der Waals surface area contributed by atoms with E-state index in [9.17, 15) is 4.79 Å². The van der Waals surface area contributed by atoms with E-state index in [2.05, 4.69) is 27.2 Å². The van der Waals surface area contributed by atoms with Crippen molar-refractivity contribution in [2.24, 2.45) is 0 Å². The Morgan fingerprint density at radius 2 is 2.08 bits per heavy atom. The Morgan fingerprint density at radius 1 is 1.29 bits per heavy atom. The number of piperidine rings is 1. The first kappa shape index (κ1) is 15.6. The number of H-pyrrole nitrogens is 1. The predicted molar refractivity (Wildman–Crippen MR) is 97.8 cm³/mol. The maximum atomic E-state index is 12.3. The molecule has 0 amide bonds. The van der Waals surface area contributed by atoms with Gasteiger partial charge in [-0.25, -0.2) is 9.78 Å². The summed E-state index contributed by atoms with van der Waals surface area (Å²) < 4.78 is 1.95. The van der Waals surface area contributed by atoms with Gasteiger partial charge in [0.1, 0.15) is 0 Å². The van der Waals surface area contributed by atoms with Gasteiger partial charge in [-0.2, -0.15) is 0 Å². The first-order valence-corrected chi connectivity index (χ1v) is 9.41. The Morgan fingerprint density at radius 3 is 2.83 bits per heavy atom. The molecule has 0 radical (unpaired) electrons. The van der Waals surface area contributed by atoms with Crippen molar-refractivity contribution in [1.82, 2.24) is 19.4 Å². The van der Waals surface area contributed by atoms with Crippen LogP contribution in [-0.4, -0.2) is 39.1 Å². The van der Waals surface area contributed by atoms with Crippen LogP contribution in [0.2, 0.25) is 0 Å². The van der Waals surface area contributed by atoms with Crippen LogP contribution >= 0.6 is 11.3 Å². The quantitative estimate of drug-likeness (QED) is 0.793. The molecular weight excluding hydrogens is 320 g/mol. The van der Waals surface area contributed by atoms with Crippen LogP contribution < -0.4 is 5.69 Å². The number of para-hydroxylation sites is 2. The number of hydrogen-bond acceptors (Lipinski definition) is 4. The van der Waals surface area contributed by atoms with Crippen molar-refractivity contribution in [3.05, 3.63) is 50.8 Å². The molecule has 2 aromatic heterocycles. The van der Waals surface area contributed by atoms with Crippen molar-refractivity contribution >= 4 is 22.4 Å². The summed E-state index contributed by atoms with van der Waals surface area (Å²) in [4.78, 5) is 22.3. The van der Waals surface area contributed by atoms with Gasteiger partial charge in [-0.15, -0.1) is 11.3 Å². The van der Waals surface area contributed by atoms with Crippen molar-refractivity contribution in [3.63, 3.8) is 0 Å². The number of rotatable bonds is 4. The van der Waals surface area contributed by atoms with Gasteiger partial charge >= 0.3 is 5.69 Å². The van der Waals surface area contributed by atoms with E-state index in [0.717, 1.165) is 54.9 Å². The van der Waals surface area contributed by atoms with Crippen molar-refractivity contribution in [2.75, 3.05) is 19.6 Å². The van der Waals surface area contributed by atoms with Gasteiger partial charge in [0.05, 0.1) is 21.7 Å². The third-order valence-electron chi connectivity index (χ3n) is 4.90. The lowest BCUT2D eigenvalue weighted by molar-refractivity contribution is 0.188. The third-order valence-corrected chi connectivity index (χ3v) is 5.72. The summed E-state index contributed by atoms with van der Waals surface area (Å²) in [6.07, 6.45) is 3.07. The first-order chi connectivity index (χ1) is 11.7. The van der Waals surface area contributed by atoms with Crippen LogP contribution in [0.5, 0.6) is 0 Å². The van der Waals surface area contributed by atoms with E-state index in [-0.39, 0.29) is 5.69 Å². The highest BCUT2D eigenvalue weighted by Gasteiger charge is 2.23. The molecule has 1 aromatic carbocycles. The number of nitrogens with zero attached hydrogens (tertiary/aromatic N) is 3. The minimum Gasteiger partial charge on any atom is -0.306 e. The molecule has 0 bridgehead atoms. The van der Waals surface area contributed by atoms with Gasteiger partial charge in [0.25, 0.3) is 0 Å². The summed E-state index contributed by atoms with van der Waals surface area (Å²) in [6, 6.07) is 8.26. The molecule has 5 nitrogen and oxygen atoms in total. The fourth-order valence-electron chi connectivity index (χ4n) is 3.63. The molecule has 3 aromatic rings. The second kappa shape index (κ2) is 6.53. The molecule has 1 aliphatic heterocycles. The summed E-state index contributed by atoms with van der Waals surface area (Å²) in [6.45, 7) is 5.19. The fourth-order valence-corrected chi connectivity index (χ4v) is 4.28. The number of fused-ring (bicyclic) bond motifs is 1. The van der Waals surface area contributed by atoms with E-state index in [0.29, 0.717) is 6.04 Å². The van der Waals surface area contributed by atoms with Crippen LogP contribution in [0.3, 0.4) is 0 Å². The summed E-state index contributed by atoms with van der Waals surface area (Å²) in [7, 11) is 0. The number of imidazole rings is 1. The molecule has 1 N–H and O–H groups in total. The van der Waals surface area contributed by atoms with E-state index >= 15 is 0 Å². The lowest BCUT2D eigenvalue weighted by Gasteiger charge is -2.32. The third kappa shape index (κ3) is 3.03. The Hall–Kier alpha value is -1.92. The van der Waals surface area contributed by atoms with E-state index in [1.807, 2.05) is 28.8 Å². The van der Waals surface area contributed by atoms with E-state index in [1.165, 1.54) is 5.69 Å². The van der Waals surface area contributed by atoms with Gasteiger partial charge in [-0.05, 0) is 31.9 Å². The number of benzene rings is 1. The van der Waals surface area contributed by atoms with Gasteiger partial charge < -0.3 is 9.88 Å². The zero-order chi connectivity index (χ0) is 16.5. The average molecular weight is 342 g/mol.